The first-order valence-electron chi connectivity index (χ1n) is 11.2. The van der Waals surface area contributed by atoms with Crippen molar-refractivity contribution < 1.29 is 19.1 Å². The summed E-state index contributed by atoms with van der Waals surface area (Å²) in [6.07, 6.45) is 1.30. The Morgan fingerprint density at radius 1 is 1.22 bits per heavy atom. The van der Waals surface area contributed by atoms with Gasteiger partial charge < -0.3 is 15.1 Å². The predicted octanol–water partition coefficient (Wildman–Crippen LogP) is 2.62. The monoisotopic (exact) mass is 465 g/mol. The normalized spacial score (nSPS) is 16.7. The van der Waals surface area contributed by atoms with Gasteiger partial charge in [-0.2, -0.15) is 0 Å². The van der Waals surface area contributed by atoms with Gasteiger partial charge >= 0.3 is 0 Å². The maximum atomic E-state index is 13.3. The molecule has 1 heterocycles. The van der Waals surface area contributed by atoms with Crippen molar-refractivity contribution in [1.82, 2.24) is 15.1 Å². The van der Waals surface area contributed by atoms with Gasteiger partial charge in [-0.3, -0.25) is 14.4 Å². The number of nitroso groups, excluding NO2 is 1. The van der Waals surface area contributed by atoms with E-state index in [0.717, 1.165) is 12.0 Å². The van der Waals surface area contributed by atoms with Crippen LogP contribution in [0.5, 0.6) is 0 Å². The summed E-state index contributed by atoms with van der Waals surface area (Å²) in [7, 11) is 0. The molecular formula is C23H34ClN4O4+. The van der Waals surface area contributed by atoms with Crippen LogP contribution in [0, 0.1) is 10.8 Å². The van der Waals surface area contributed by atoms with E-state index >= 15 is 0 Å². The van der Waals surface area contributed by atoms with Crippen LogP contribution in [0.4, 0.5) is 0 Å². The minimum atomic E-state index is -0.750. The quantitative estimate of drug-likeness (QED) is 0.538. The Morgan fingerprint density at radius 2 is 1.88 bits per heavy atom. The van der Waals surface area contributed by atoms with E-state index in [1.807, 2.05) is 26.0 Å². The molecule has 9 heteroatoms. The first-order valence-corrected chi connectivity index (χ1v) is 11.6. The lowest BCUT2D eigenvalue weighted by molar-refractivity contribution is -0.534. The molecule has 1 saturated heterocycles. The second-order valence-corrected chi connectivity index (χ2v) is 9.04. The number of benzene rings is 1. The fourth-order valence-corrected chi connectivity index (χ4v) is 3.93. The molecule has 1 aliphatic rings. The molecule has 32 heavy (non-hydrogen) atoms. The second-order valence-electron chi connectivity index (χ2n) is 8.61. The molecule has 0 spiro atoms. The van der Waals surface area contributed by atoms with E-state index in [1.54, 1.807) is 30.9 Å². The topological polar surface area (TPSA) is 89.8 Å². The summed E-state index contributed by atoms with van der Waals surface area (Å²) in [6.45, 7) is 8.35. The number of amides is 3. The Kier molecular flexibility index (Phi) is 9.62. The summed E-state index contributed by atoms with van der Waals surface area (Å²) in [5.41, 5.74) is 0.916. The van der Waals surface area contributed by atoms with Crippen molar-refractivity contribution in [2.24, 2.45) is 5.92 Å². The molecule has 0 saturated carbocycles. The first kappa shape index (κ1) is 25.8. The third-order valence-corrected chi connectivity index (χ3v) is 5.84. The maximum absolute atomic E-state index is 13.3. The van der Waals surface area contributed by atoms with E-state index in [9.17, 15) is 19.3 Å². The van der Waals surface area contributed by atoms with E-state index in [4.69, 9.17) is 11.6 Å². The summed E-state index contributed by atoms with van der Waals surface area (Å²) in [6, 6.07) is 5.89. The molecule has 1 fully saturated rings. The van der Waals surface area contributed by atoms with Crippen LogP contribution in [0.25, 0.3) is 0 Å². The van der Waals surface area contributed by atoms with E-state index in [1.165, 1.54) is 4.90 Å². The average molecular weight is 466 g/mol. The lowest BCUT2D eigenvalue weighted by atomic mass is 10.1. The fourth-order valence-electron chi connectivity index (χ4n) is 3.81. The maximum Gasteiger partial charge on any atom is 0.293 e. The highest BCUT2D eigenvalue weighted by Gasteiger charge is 2.39. The molecule has 1 aromatic rings. The Hall–Kier alpha value is -2.48. The lowest BCUT2D eigenvalue weighted by Gasteiger charge is -2.33. The van der Waals surface area contributed by atoms with Gasteiger partial charge in [0.25, 0.3) is 12.5 Å². The first-order chi connectivity index (χ1) is 15.1. The Balaban J connectivity index is 2.06. The highest BCUT2D eigenvalue weighted by Crippen LogP contribution is 2.21. The number of hydrogen-bond donors (Lipinski definition) is 1. The third-order valence-electron chi connectivity index (χ3n) is 5.59. The Bertz CT molecular complexity index is 828. The minimum Gasteiger partial charge on any atom is -0.350 e. The zero-order chi connectivity index (χ0) is 23.8. The number of hydrogen-bond acceptors (Lipinski definition) is 4. The number of halogens is 1. The van der Waals surface area contributed by atoms with Crippen LogP contribution in [0.15, 0.2) is 24.3 Å². The highest BCUT2D eigenvalue weighted by molar-refractivity contribution is 6.30. The van der Waals surface area contributed by atoms with Crippen molar-refractivity contribution >= 4 is 29.3 Å². The summed E-state index contributed by atoms with van der Waals surface area (Å²) in [4.78, 5) is 53.6. The Labute approximate surface area is 194 Å². The van der Waals surface area contributed by atoms with Gasteiger partial charge in [0.05, 0.1) is 0 Å². The number of carbonyl (C=O) groups is 3. The molecule has 2 rings (SSSR count). The van der Waals surface area contributed by atoms with Gasteiger partial charge in [0.15, 0.2) is 6.54 Å². The summed E-state index contributed by atoms with van der Waals surface area (Å²) in [5, 5.41) is 3.52. The molecule has 2 unspecified atom stereocenters. The van der Waals surface area contributed by atoms with Gasteiger partial charge in [-0.15, -0.1) is 0 Å². The van der Waals surface area contributed by atoms with Gasteiger partial charge in [0.1, 0.15) is 12.1 Å². The van der Waals surface area contributed by atoms with Crippen molar-refractivity contribution in [2.45, 2.75) is 59.2 Å². The summed E-state index contributed by atoms with van der Waals surface area (Å²) < 4.78 is 0.676. The zero-order valence-corrected chi connectivity index (χ0v) is 20.1. The molecule has 8 nitrogen and oxygen atoms in total. The molecule has 1 N–H and O–H groups in total. The highest BCUT2D eigenvalue weighted by atomic mass is 35.5. The van der Waals surface area contributed by atoms with Crippen molar-refractivity contribution in [2.75, 3.05) is 26.2 Å². The number of nitrogens with zero attached hydrogens (tertiary/aromatic N) is 3. The molecule has 1 aromatic carbocycles. The van der Waals surface area contributed by atoms with Gasteiger partial charge in [-0.1, -0.05) is 37.6 Å². The number of carbonyl (C=O) groups excluding carboxylic acids is 3. The molecule has 0 aliphatic carbocycles. The van der Waals surface area contributed by atoms with Crippen LogP contribution in [-0.4, -0.2) is 70.5 Å². The van der Waals surface area contributed by atoms with Crippen LogP contribution >= 0.6 is 11.6 Å². The minimum absolute atomic E-state index is 0.132. The molecule has 1 aliphatic heterocycles. The average Bonchev–Trinajstić information content (AvgIpc) is 3.25. The second kappa shape index (κ2) is 11.9. The fraction of sp³-hybridized carbons (Fsp3) is 0.609. The van der Waals surface area contributed by atoms with Gasteiger partial charge in [0, 0.05) is 34.3 Å². The lowest BCUT2D eigenvalue weighted by Crippen LogP contribution is -2.55. The van der Waals surface area contributed by atoms with E-state index in [-0.39, 0.29) is 36.7 Å². The van der Waals surface area contributed by atoms with Crippen molar-refractivity contribution in [1.29, 1.82) is 0 Å². The molecule has 3 amide bonds. The molecule has 0 aromatic heterocycles. The molecule has 0 radical (unpaired) electrons. The van der Waals surface area contributed by atoms with E-state index < -0.39 is 12.1 Å². The predicted molar refractivity (Wildman–Crippen MR) is 123 cm³/mol. The summed E-state index contributed by atoms with van der Waals surface area (Å²) >= 11 is 5.90. The van der Waals surface area contributed by atoms with E-state index in [2.05, 4.69) is 5.32 Å². The Morgan fingerprint density at radius 3 is 2.47 bits per heavy atom. The van der Waals surface area contributed by atoms with Gasteiger partial charge in [0.2, 0.25) is 11.8 Å². The van der Waals surface area contributed by atoms with Crippen molar-refractivity contribution in [3.8, 4) is 0 Å². The smallest absolute Gasteiger partial charge is 0.293 e. The number of rotatable bonds is 10. The number of likely N-dealkylation sites (N-methyl/N-ethyl adjacent to an activating group) is 1. The number of likely N-dealkylation sites (tertiary alicyclic amines) is 1. The van der Waals surface area contributed by atoms with Crippen LogP contribution < -0.4 is 5.32 Å². The molecular weight excluding hydrogens is 432 g/mol. The number of nitrogens with one attached hydrogen (secondary N) is 1. The SMILES string of the molecule is CC[N+](=O)CC(=O)N(CC(C)C)C(C)C(=O)N1CCCC1C(=O)NCc1ccc(Cl)cc1. The summed E-state index contributed by atoms with van der Waals surface area (Å²) in [5.74, 6) is -0.721. The van der Waals surface area contributed by atoms with Crippen LogP contribution in [0.2, 0.25) is 5.02 Å². The van der Waals surface area contributed by atoms with Crippen LogP contribution in [-0.2, 0) is 20.9 Å². The molecule has 2 atom stereocenters. The van der Waals surface area contributed by atoms with Gasteiger partial charge in [-0.05, 0) is 50.3 Å². The molecule has 176 valence electrons. The molecule has 0 bridgehead atoms. The van der Waals surface area contributed by atoms with Crippen molar-refractivity contribution in [3.05, 3.63) is 39.8 Å². The standard InChI is InChI=1S/C23H33ClN4O4/c1-5-26(32)15-21(29)28(14-16(2)3)17(4)23(31)27-12-6-7-20(27)22(30)25-13-18-8-10-19(24)11-9-18/h8-11,16-17,20H,5-7,12-15H2,1-4H3/p+1. The van der Waals surface area contributed by atoms with Gasteiger partial charge in [-0.25, -0.2) is 0 Å². The van der Waals surface area contributed by atoms with Crippen molar-refractivity contribution in [3.63, 3.8) is 0 Å². The largest absolute Gasteiger partial charge is 0.350 e. The van der Waals surface area contributed by atoms with E-state index in [0.29, 0.717) is 35.8 Å². The van der Waals surface area contributed by atoms with Crippen LogP contribution in [0.1, 0.15) is 46.1 Å². The third kappa shape index (κ3) is 7.02. The zero-order valence-electron chi connectivity index (χ0n) is 19.3. The van der Waals surface area contributed by atoms with Crippen LogP contribution in [0.3, 0.4) is 0 Å².